The zero-order valence-corrected chi connectivity index (χ0v) is 9.94. The van der Waals surface area contributed by atoms with E-state index in [2.05, 4.69) is 5.10 Å². The van der Waals surface area contributed by atoms with Crippen molar-refractivity contribution in [2.24, 2.45) is 11.5 Å². The highest BCUT2D eigenvalue weighted by molar-refractivity contribution is 5.83. The summed E-state index contributed by atoms with van der Waals surface area (Å²) in [6, 6.07) is 1.97. The molecule has 0 saturated carbocycles. The molecule has 0 bridgehead atoms. The lowest BCUT2D eigenvalue weighted by atomic mass is 9.95. The SMILES string of the molecule is Cc1ccn(CCCCC(C)(N)C(N)=O)n1. The number of hydrogen-bond acceptors (Lipinski definition) is 3. The molecule has 0 aliphatic carbocycles. The molecule has 0 aliphatic rings. The minimum absolute atomic E-state index is 0.442. The number of rotatable bonds is 6. The van der Waals surface area contributed by atoms with Crippen LogP contribution in [0.1, 0.15) is 31.9 Å². The smallest absolute Gasteiger partial charge is 0.237 e. The van der Waals surface area contributed by atoms with Gasteiger partial charge in [0, 0.05) is 12.7 Å². The van der Waals surface area contributed by atoms with Crippen LogP contribution < -0.4 is 11.5 Å². The molecule has 16 heavy (non-hydrogen) atoms. The Morgan fingerprint density at radius 3 is 2.75 bits per heavy atom. The number of primary amides is 1. The molecule has 0 radical (unpaired) electrons. The van der Waals surface area contributed by atoms with Crippen molar-refractivity contribution in [2.45, 2.75) is 45.2 Å². The number of nitrogens with zero attached hydrogens (tertiary/aromatic N) is 2. The largest absolute Gasteiger partial charge is 0.368 e. The number of aromatic nitrogens is 2. The molecule has 1 heterocycles. The molecule has 0 saturated heterocycles. The summed E-state index contributed by atoms with van der Waals surface area (Å²) in [6.45, 7) is 4.48. The topological polar surface area (TPSA) is 86.9 Å². The molecule has 1 atom stereocenters. The molecule has 5 nitrogen and oxygen atoms in total. The minimum Gasteiger partial charge on any atom is -0.368 e. The third-order valence-electron chi connectivity index (χ3n) is 2.67. The first kappa shape index (κ1) is 12.7. The quantitative estimate of drug-likeness (QED) is 0.692. The predicted octanol–water partition coefficient (Wildman–Crippen LogP) is 0.565. The molecule has 1 aromatic heterocycles. The van der Waals surface area contributed by atoms with Crippen molar-refractivity contribution < 1.29 is 4.79 Å². The van der Waals surface area contributed by atoms with Crippen LogP contribution in [0.5, 0.6) is 0 Å². The zero-order chi connectivity index (χ0) is 12.2. The first-order valence-electron chi connectivity index (χ1n) is 5.51. The Morgan fingerprint density at radius 1 is 1.56 bits per heavy atom. The summed E-state index contributed by atoms with van der Waals surface area (Å²) in [4.78, 5) is 11.0. The van der Waals surface area contributed by atoms with E-state index in [1.165, 1.54) is 0 Å². The summed E-state index contributed by atoms with van der Waals surface area (Å²) in [5, 5.41) is 4.27. The molecule has 0 fully saturated rings. The van der Waals surface area contributed by atoms with Crippen LogP contribution in [0.2, 0.25) is 0 Å². The number of aryl methyl sites for hydroxylation is 2. The van der Waals surface area contributed by atoms with E-state index in [0.29, 0.717) is 6.42 Å². The standard InChI is InChI=1S/C11H20N4O/c1-9-5-8-15(14-9)7-4-3-6-11(2,13)10(12)16/h5,8H,3-4,6-7,13H2,1-2H3,(H2,12,16). The maximum absolute atomic E-state index is 11.0. The van der Waals surface area contributed by atoms with E-state index >= 15 is 0 Å². The molecule has 90 valence electrons. The predicted molar refractivity (Wildman–Crippen MR) is 62.6 cm³/mol. The highest BCUT2D eigenvalue weighted by atomic mass is 16.1. The summed E-state index contributed by atoms with van der Waals surface area (Å²) >= 11 is 0. The maximum Gasteiger partial charge on any atom is 0.237 e. The Balaban J connectivity index is 2.24. The molecule has 5 heteroatoms. The van der Waals surface area contributed by atoms with Crippen molar-refractivity contribution in [2.75, 3.05) is 0 Å². The number of carbonyl (C=O) groups is 1. The van der Waals surface area contributed by atoms with E-state index in [1.807, 2.05) is 23.9 Å². The van der Waals surface area contributed by atoms with Gasteiger partial charge in [-0.3, -0.25) is 9.48 Å². The number of amides is 1. The van der Waals surface area contributed by atoms with Crippen LogP contribution in [-0.4, -0.2) is 21.2 Å². The van der Waals surface area contributed by atoms with Gasteiger partial charge in [-0.25, -0.2) is 0 Å². The normalized spacial score (nSPS) is 14.7. The Kier molecular flexibility index (Phi) is 4.06. The van der Waals surface area contributed by atoms with Gasteiger partial charge in [0.15, 0.2) is 0 Å². The number of nitrogens with two attached hydrogens (primary N) is 2. The zero-order valence-electron chi connectivity index (χ0n) is 9.94. The average molecular weight is 224 g/mol. The summed E-state index contributed by atoms with van der Waals surface area (Å²) in [5.41, 5.74) is 11.1. The van der Waals surface area contributed by atoms with Gasteiger partial charge in [0.05, 0.1) is 11.2 Å². The Bertz CT molecular complexity index is 357. The fourth-order valence-corrected chi connectivity index (χ4v) is 1.48. The fourth-order valence-electron chi connectivity index (χ4n) is 1.48. The molecule has 0 spiro atoms. The lowest BCUT2D eigenvalue weighted by Gasteiger charge is -2.19. The molecular weight excluding hydrogens is 204 g/mol. The van der Waals surface area contributed by atoms with Gasteiger partial charge in [-0.05, 0) is 39.2 Å². The molecule has 1 amide bonds. The third kappa shape index (κ3) is 3.66. The Morgan fingerprint density at radius 2 is 2.25 bits per heavy atom. The second kappa shape index (κ2) is 5.12. The first-order chi connectivity index (χ1) is 7.42. The van der Waals surface area contributed by atoms with Gasteiger partial charge in [0.1, 0.15) is 0 Å². The molecular formula is C11H20N4O. The van der Waals surface area contributed by atoms with E-state index in [9.17, 15) is 4.79 Å². The van der Waals surface area contributed by atoms with Crippen LogP contribution in [-0.2, 0) is 11.3 Å². The van der Waals surface area contributed by atoms with Crippen LogP contribution >= 0.6 is 0 Å². The highest BCUT2D eigenvalue weighted by Crippen LogP contribution is 2.10. The van der Waals surface area contributed by atoms with E-state index in [1.54, 1.807) is 6.92 Å². The minimum atomic E-state index is -0.889. The Labute approximate surface area is 95.8 Å². The lowest BCUT2D eigenvalue weighted by molar-refractivity contribution is -0.122. The van der Waals surface area contributed by atoms with E-state index in [0.717, 1.165) is 25.1 Å². The third-order valence-corrected chi connectivity index (χ3v) is 2.67. The lowest BCUT2D eigenvalue weighted by Crippen LogP contribution is -2.49. The number of carbonyl (C=O) groups excluding carboxylic acids is 1. The van der Waals surface area contributed by atoms with E-state index in [-0.39, 0.29) is 0 Å². The molecule has 1 unspecified atom stereocenters. The van der Waals surface area contributed by atoms with Crippen molar-refractivity contribution in [3.8, 4) is 0 Å². The van der Waals surface area contributed by atoms with Crippen molar-refractivity contribution in [1.82, 2.24) is 9.78 Å². The molecule has 0 aromatic carbocycles. The van der Waals surface area contributed by atoms with E-state index in [4.69, 9.17) is 11.5 Å². The average Bonchev–Trinajstić information content (AvgIpc) is 2.59. The number of hydrogen-bond donors (Lipinski definition) is 2. The van der Waals surface area contributed by atoms with Crippen LogP contribution in [0.4, 0.5) is 0 Å². The monoisotopic (exact) mass is 224 g/mol. The second-order valence-corrected chi connectivity index (χ2v) is 4.46. The van der Waals surface area contributed by atoms with Gasteiger partial charge in [-0.1, -0.05) is 0 Å². The second-order valence-electron chi connectivity index (χ2n) is 4.46. The maximum atomic E-state index is 11.0. The van der Waals surface area contributed by atoms with Crippen molar-refractivity contribution >= 4 is 5.91 Å². The van der Waals surface area contributed by atoms with Crippen molar-refractivity contribution in [3.63, 3.8) is 0 Å². The summed E-state index contributed by atoms with van der Waals surface area (Å²) in [7, 11) is 0. The van der Waals surface area contributed by atoms with Crippen LogP contribution in [0, 0.1) is 6.92 Å². The summed E-state index contributed by atoms with van der Waals surface area (Å²) in [5.74, 6) is -0.442. The van der Waals surface area contributed by atoms with Crippen molar-refractivity contribution in [1.29, 1.82) is 0 Å². The summed E-state index contributed by atoms with van der Waals surface area (Å²) < 4.78 is 1.90. The Hall–Kier alpha value is -1.36. The van der Waals surface area contributed by atoms with Gasteiger partial charge in [-0.2, -0.15) is 5.10 Å². The summed E-state index contributed by atoms with van der Waals surface area (Å²) in [6.07, 6.45) is 4.38. The molecule has 4 N–H and O–H groups in total. The molecule has 1 aromatic rings. The van der Waals surface area contributed by atoms with Gasteiger partial charge in [-0.15, -0.1) is 0 Å². The van der Waals surface area contributed by atoms with Crippen LogP contribution in [0.25, 0.3) is 0 Å². The van der Waals surface area contributed by atoms with Gasteiger partial charge < -0.3 is 11.5 Å². The highest BCUT2D eigenvalue weighted by Gasteiger charge is 2.24. The van der Waals surface area contributed by atoms with E-state index < -0.39 is 11.4 Å². The first-order valence-corrected chi connectivity index (χ1v) is 5.51. The van der Waals surface area contributed by atoms with Crippen LogP contribution in [0.15, 0.2) is 12.3 Å². The van der Waals surface area contributed by atoms with Gasteiger partial charge >= 0.3 is 0 Å². The number of unbranched alkanes of at least 4 members (excludes halogenated alkanes) is 1. The van der Waals surface area contributed by atoms with Gasteiger partial charge in [0.25, 0.3) is 0 Å². The van der Waals surface area contributed by atoms with Gasteiger partial charge in [0.2, 0.25) is 5.91 Å². The fraction of sp³-hybridized carbons (Fsp3) is 0.636. The van der Waals surface area contributed by atoms with Crippen molar-refractivity contribution in [3.05, 3.63) is 18.0 Å². The molecule has 0 aliphatic heterocycles. The van der Waals surface area contributed by atoms with Crippen LogP contribution in [0.3, 0.4) is 0 Å². The molecule has 1 rings (SSSR count).